The van der Waals surface area contributed by atoms with Crippen molar-refractivity contribution in [2.45, 2.75) is 44.9 Å². The summed E-state index contributed by atoms with van der Waals surface area (Å²) in [4.78, 5) is 4.77. The van der Waals surface area contributed by atoms with Crippen molar-refractivity contribution in [1.29, 1.82) is 0 Å². The summed E-state index contributed by atoms with van der Waals surface area (Å²) in [5, 5.41) is 2.31. The van der Waals surface area contributed by atoms with E-state index in [4.69, 9.17) is 9.40 Å². The van der Waals surface area contributed by atoms with E-state index in [1.807, 2.05) is 6.20 Å². The minimum Gasteiger partial charge on any atom is -0.456 e. The molecule has 0 unspecified atom stereocenters. The first kappa shape index (κ1) is 20.2. The molecule has 2 nitrogen and oxygen atoms in total. The van der Waals surface area contributed by atoms with Gasteiger partial charge in [-0.05, 0) is 77.3 Å². The Labute approximate surface area is 195 Å². The minimum absolute atomic E-state index is 0.168. The Hall–Kier alpha value is -3.39. The van der Waals surface area contributed by atoms with Crippen LogP contribution in [0.2, 0.25) is 0 Å². The van der Waals surface area contributed by atoms with Gasteiger partial charge in [0.05, 0.1) is 5.69 Å². The molecule has 5 aromatic rings. The number of hydrogen-bond donors (Lipinski definition) is 0. The standard InChI is InChI=1S/C31H29NO/c1-31(2,23-11-6-7-12-23)24-17-18-32-27(20-24)22-15-16-28-26(19-22)30-25(13-8-14-29(30)33-28)21-9-4-3-5-10-21/h3-5,8-10,13-20,23H,6-7,11-12H2,1-2H3. The zero-order valence-electron chi connectivity index (χ0n) is 19.3. The molecule has 0 atom stereocenters. The molecule has 164 valence electrons. The topological polar surface area (TPSA) is 26.0 Å². The van der Waals surface area contributed by atoms with Crippen molar-refractivity contribution in [1.82, 2.24) is 4.98 Å². The van der Waals surface area contributed by atoms with Crippen LogP contribution in [0.5, 0.6) is 0 Å². The molecule has 3 aromatic carbocycles. The van der Waals surface area contributed by atoms with E-state index in [9.17, 15) is 0 Å². The van der Waals surface area contributed by atoms with E-state index in [0.717, 1.165) is 33.7 Å². The molecule has 2 heterocycles. The summed E-state index contributed by atoms with van der Waals surface area (Å²) in [6, 6.07) is 27.9. The molecule has 0 amide bonds. The third-order valence-corrected chi connectivity index (χ3v) is 7.76. The van der Waals surface area contributed by atoms with Crippen LogP contribution in [0.3, 0.4) is 0 Å². The highest BCUT2D eigenvalue weighted by Gasteiger charge is 2.33. The van der Waals surface area contributed by atoms with E-state index in [1.54, 1.807) is 0 Å². The third kappa shape index (κ3) is 3.45. The van der Waals surface area contributed by atoms with E-state index < -0.39 is 0 Å². The lowest BCUT2D eigenvalue weighted by Crippen LogP contribution is -2.26. The van der Waals surface area contributed by atoms with Crippen molar-refractivity contribution in [3.63, 3.8) is 0 Å². The number of hydrogen-bond acceptors (Lipinski definition) is 2. The molecular weight excluding hydrogens is 402 g/mol. The zero-order valence-corrected chi connectivity index (χ0v) is 19.3. The van der Waals surface area contributed by atoms with Gasteiger partial charge in [0.1, 0.15) is 11.2 Å². The summed E-state index contributed by atoms with van der Waals surface area (Å²) in [6.45, 7) is 4.81. The van der Waals surface area contributed by atoms with E-state index in [0.29, 0.717) is 0 Å². The molecule has 6 rings (SSSR count). The number of benzene rings is 3. The first-order valence-electron chi connectivity index (χ1n) is 12.1. The van der Waals surface area contributed by atoms with Crippen LogP contribution in [0.15, 0.2) is 89.5 Å². The average molecular weight is 432 g/mol. The minimum atomic E-state index is 0.168. The maximum Gasteiger partial charge on any atom is 0.136 e. The Morgan fingerprint density at radius 2 is 1.61 bits per heavy atom. The number of pyridine rings is 1. The van der Waals surface area contributed by atoms with Gasteiger partial charge in [-0.15, -0.1) is 0 Å². The second-order valence-corrected chi connectivity index (χ2v) is 9.99. The molecule has 1 fully saturated rings. The smallest absolute Gasteiger partial charge is 0.136 e. The van der Waals surface area contributed by atoms with Gasteiger partial charge in [0.2, 0.25) is 0 Å². The molecule has 0 aliphatic heterocycles. The molecule has 0 radical (unpaired) electrons. The fourth-order valence-corrected chi connectivity index (χ4v) is 5.72. The Morgan fingerprint density at radius 1 is 0.788 bits per heavy atom. The lowest BCUT2D eigenvalue weighted by molar-refractivity contribution is 0.325. The molecule has 1 saturated carbocycles. The van der Waals surface area contributed by atoms with E-state index >= 15 is 0 Å². The van der Waals surface area contributed by atoms with Gasteiger partial charge in [-0.2, -0.15) is 0 Å². The quantitative estimate of drug-likeness (QED) is 0.284. The third-order valence-electron chi connectivity index (χ3n) is 7.76. The summed E-state index contributed by atoms with van der Waals surface area (Å²) in [5.41, 5.74) is 7.97. The van der Waals surface area contributed by atoms with Crippen LogP contribution in [0, 0.1) is 5.92 Å². The molecule has 2 aromatic heterocycles. The maximum atomic E-state index is 6.23. The van der Waals surface area contributed by atoms with Crippen molar-refractivity contribution >= 4 is 21.9 Å². The highest BCUT2D eigenvalue weighted by atomic mass is 16.3. The van der Waals surface area contributed by atoms with Crippen LogP contribution in [-0.4, -0.2) is 4.98 Å². The van der Waals surface area contributed by atoms with Gasteiger partial charge in [0.25, 0.3) is 0 Å². The van der Waals surface area contributed by atoms with Gasteiger partial charge in [-0.1, -0.05) is 69.2 Å². The van der Waals surface area contributed by atoms with Crippen molar-refractivity contribution in [3.05, 3.63) is 90.6 Å². The Kier molecular flexibility index (Phi) is 4.83. The van der Waals surface area contributed by atoms with Crippen LogP contribution >= 0.6 is 0 Å². The molecule has 1 aliphatic carbocycles. The molecule has 33 heavy (non-hydrogen) atoms. The Bertz CT molecular complexity index is 1440. The first-order valence-corrected chi connectivity index (χ1v) is 12.1. The van der Waals surface area contributed by atoms with E-state index in [-0.39, 0.29) is 5.41 Å². The maximum absolute atomic E-state index is 6.23. The van der Waals surface area contributed by atoms with Crippen molar-refractivity contribution in [2.24, 2.45) is 5.92 Å². The highest BCUT2D eigenvalue weighted by Crippen LogP contribution is 2.43. The number of fused-ring (bicyclic) bond motifs is 3. The molecule has 0 saturated heterocycles. The largest absolute Gasteiger partial charge is 0.456 e. The van der Waals surface area contributed by atoms with Gasteiger partial charge in [-0.25, -0.2) is 0 Å². The van der Waals surface area contributed by atoms with Crippen LogP contribution in [0.25, 0.3) is 44.3 Å². The fourth-order valence-electron chi connectivity index (χ4n) is 5.72. The van der Waals surface area contributed by atoms with Gasteiger partial charge in [-0.3, -0.25) is 4.98 Å². The van der Waals surface area contributed by atoms with Crippen LogP contribution < -0.4 is 0 Å². The Balaban J connectivity index is 1.49. The summed E-state index contributed by atoms with van der Waals surface area (Å²) in [5.74, 6) is 0.751. The normalized spacial score (nSPS) is 15.0. The predicted molar refractivity (Wildman–Crippen MR) is 137 cm³/mol. The molecule has 0 spiro atoms. The fraction of sp³-hybridized carbons (Fsp3) is 0.258. The van der Waals surface area contributed by atoms with Crippen LogP contribution in [0.1, 0.15) is 45.1 Å². The van der Waals surface area contributed by atoms with Crippen LogP contribution in [-0.2, 0) is 5.41 Å². The highest BCUT2D eigenvalue weighted by molar-refractivity contribution is 6.13. The number of rotatable bonds is 4. The van der Waals surface area contributed by atoms with Gasteiger partial charge < -0.3 is 4.42 Å². The SMILES string of the molecule is CC(C)(c1ccnc(-c2ccc3oc4cccc(-c5ccccc5)c4c3c2)c1)C1CCCC1. The average Bonchev–Trinajstić information content (AvgIpc) is 3.53. The number of nitrogens with zero attached hydrogens (tertiary/aromatic N) is 1. The lowest BCUT2D eigenvalue weighted by atomic mass is 9.72. The zero-order chi connectivity index (χ0) is 22.4. The lowest BCUT2D eigenvalue weighted by Gasteiger charge is -2.32. The first-order chi connectivity index (χ1) is 16.1. The molecule has 1 aliphatic rings. The summed E-state index contributed by atoms with van der Waals surface area (Å²) >= 11 is 0. The van der Waals surface area contributed by atoms with E-state index in [2.05, 4.69) is 92.7 Å². The molecular formula is C31H29NO. The van der Waals surface area contributed by atoms with Crippen molar-refractivity contribution in [3.8, 4) is 22.4 Å². The van der Waals surface area contributed by atoms with Gasteiger partial charge >= 0.3 is 0 Å². The molecule has 0 N–H and O–H groups in total. The van der Waals surface area contributed by atoms with E-state index in [1.165, 1.54) is 47.8 Å². The molecule has 0 bridgehead atoms. The Morgan fingerprint density at radius 3 is 2.42 bits per heavy atom. The van der Waals surface area contributed by atoms with Gasteiger partial charge in [0, 0.05) is 22.5 Å². The van der Waals surface area contributed by atoms with Crippen molar-refractivity contribution < 1.29 is 4.42 Å². The summed E-state index contributed by atoms with van der Waals surface area (Å²) in [6.07, 6.45) is 7.37. The summed E-state index contributed by atoms with van der Waals surface area (Å²) < 4.78 is 6.23. The second-order valence-electron chi connectivity index (χ2n) is 9.99. The second kappa shape index (κ2) is 7.88. The predicted octanol–water partition coefficient (Wildman–Crippen LogP) is 8.78. The number of aromatic nitrogens is 1. The monoisotopic (exact) mass is 431 g/mol. The van der Waals surface area contributed by atoms with Crippen molar-refractivity contribution in [2.75, 3.05) is 0 Å². The summed E-state index contributed by atoms with van der Waals surface area (Å²) in [7, 11) is 0. The van der Waals surface area contributed by atoms with Gasteiger partial charge in [0.15, 0.2) is 0 Å². The molecule has 2 heteroatoms. The van der Waals surface area contributed by atoms with Crippen LogP contribution in [0.4, 0.5) is 0 Å². The number of furan rings is 1.